The van der Waals surface area contributed by atoms with Crippen LogP contribution in [0.2, 0.25) is 0 Å². The molecule has 0 aliphatic heterocycles. The van der Waals surface area contributed by atoms with E-state index in [-0.39, 0.29) is 38.6 Å². The summed E-state index contributed by atoms with van der Waals surface area (Å²) in [6, 6.07) is 0. The molecule has 0 aliphatic carbocycles. The third-order valence-electron chi connectivity index (χ3n) is 12.7. The van der Waals surface area contributed by atoms with E-state index in [1.165, 1.54) is 231 Å². The number of unbranched alkanes of at least 4 members (excludes halogenated alkanes) is 39. The molecule has 0 aromatic rings. The number of hydrogen-bond donors (Lipinski definition) is 2. The lowest BCUT2D eigenvalue weighted by Gasteiger charge is -2.19. The summed E-state index contributed by atoms with van der Waals surface area (Å²) < 4.78 is 33.0. The van der Waals surface area contributed by atoms with E-state index < -0.39 is 26.5 Å². The highest BCUT2D eigenvalue weighted by molar-refractivity contribution is 7.47. The first-order chi connectivity index (χ1) is 31.8. The Morgan fingerprint density at radius 3 is 1.09 bits per heavy atom. The summed E-state index contributed by atoms with van der Waals surface area (Å²) in [4.78, 5) is 35.1. The van der Waals surface area contributed by atoms with Gasteiger partial charge in [0.25, 0.3) is 0 Å². The van der Waals surface area contributed by atoms with Crippen LogP contribution in [0.1, 0.15) is 296 Å². The second-order valence-electron chi connectivity index (χ2n) is 19.2. The van der Waals surface area contributed by atoms with Crippen molar-refractivity contribution in [1.82, 2.24) is 0 Å². The van der Waals surface area contributed by atoms with Crippen LogP contribution in [0.25, 0.3) is 0 Å². The van der Waals surface area contributed by atoms with Gasteiger partial charge in [-0.2, -0.15) is 0 Å². The van der Waals surface area contributed by atoms with Gasteiger partial charge < -0.3 is 20.1 Å². The topological polar surface area (TPSA) is 134 Å². The van der Waals surface area contributed by atoms with Crippen molar-refractivity contribution in [1.29, 1.82) is 0 Å². The molecule has 386 valence electrons. The highest BCUT2D eigenvalue weighted by Crippen LogP contribution is 2.43. The van der Waals surface area contributed by atoms with Crippen molar-refractivity contribution in [2.75, 3.05) is 26.4 Å². The minimum atomic E-state index is -4.38. The van der Waals surface area contributed by atoms with Gasteiger partial charge in [-0.3, -0.25) is 18.6 Å². The Balaban J connectivity index is 3.94. The van der Waals surface area contributed by atoms with E-state index in [4.69, 9.17) is 24.3 Å². The zero-order valence-corrected chi connectivity index (χ0v) is 43.9. The van der Waals surface area contributed by atoms with Crippen molar-refractivity contribution in [3.63, 3.8) is 0 Å². The Hall–Kier alpha value is -1.25. The largest absolute Gasteiger partial charge is 0.472 e. The van der Waals surface area contributed by atoms with Crippen LogP contribution in [0.4, 0.5) is 0 Å². The molecule has 2 unspecified atom stereocenters. The van der Waals surface area contributed by atoms with Gasteiger partial charge in [0.2, 0.25) is 0 Å². The maximum Gasteiger partial charge on any atom is 0.472 e. The summed E-state index contributed by atoms with van der Waals surface area (Å²) in [5.74, 6) is -0.808. The lowest BCUT2D eigenvalue weighted by atomic mass is 10.0. The molecule has 0 amide bonds. The summed E-state index contributed by atoms with van der Waals surface area (Å²) in [6.07, 6.45) is 58.3. The molecule has 0 fully saturated rings. The fourth-order valence-electron chi connectivity index (χ4n) is 8.46. The highest BCUT2D eigenvalue weighted by Gasteiger charge is 2.26. The zero-order valence-electron chi connectivity index (χ0n) is 43.0. The number of allylic oxidation sites excluding steroid dienone is 2. The minimum absolute atomic E-state index is 0.0570. The minimum Gasteiger partial charge on any atom is -0.462 e. The van der Waals surface area contributed by atoms with Crippen LogP contribution in [0.15, 0.2) is 12.2 Å². The average molecular weight is 942 g/mol. The van der Waals surface area contributed by atoms with E-state index in [0.717, 1.165) is 32.1 Å². The van der Waals surface area contributed by atoms with Gasteiger partial charge in [-0.05, 0) is 38.5 Å². The summed E-state index contributed by atoms with van der Waals surface area (Å²) in [7, 11) is -4.38. The van der Waals surface area contributed by atoms with E-state index in [9.17, 15) is 19.0 Å². The van der Waals surface area contributed by atoms with E-state index in [0.29, 0.717) is 6.42 Å². The number of nitrogens with two attached hydrogens (primary N) is 1. The summed E-state index contributed by atoms with van der Waals surface area (Å²) in [6.45, 7) is 3.81. The number of carbonyl (C=O) groups excluding carboxylic acids is 2. The number of esters is 2. The highest BCUT2D eigenvalue weighted by atomic mass is 31.2. The fraction of sp³-hybridized carbons (Fsp3) is 0.927. The van der Waals surface area contributed by atoms with Gasteiger partial charge in [-0.1, -0.05) is 257 Å². The number of phosphoric ester groups is 1. The smallest absolute Gasteiger partial charge is 0.462 e. The third-order valence-corrected chi connectivity index (χ3v) is 13.6. The van der Waals surface area contributed by atoms with Crippen LogP contribution in [-0.2, 0) is 32.7 Å². The molecule has 0 spiro atoms. The Bertz CT molecular complexity index is 1070. The summed E-state index contributed by atoms with van der Waals surface area (Å²) in [5.41, 5.74) is 5.38. The maximum absolute atomic E-state index is 12.7. The van der Waals surface area contributed by atoms with Crippen molar-refractivity contribution in [3.8, 4) is 0 Å². The van der Waals surface area contributed by atoms with Crippen LogP contribution in [0.5, 0.6) is 0 Å². The van der Waals surface area contributed by atoms with Crippen LogP contribution in [0, 0.1) is 0 Å². The third kappa shape index (κ3) is 52.0. The van der Waals surface area contributed by atoms with Gasteiger partial charge in [-0.25, -0.2) is 4.57 Å². The van der Waals surface area contributed by atoms with E-state index in [1.807, 2.05) is 0 Å². The van der Waals surface area contributed by atoms with Crippen molar-refractivity contribution in [2.24, 2.45) is 5.73 Å². The molecule has 9 nitrogen and oxygen atoms in total. The van der Waals surface area contributed by atoms with Gasteiger partial charge in [0, 0.05) is 19.4 Å². The van der Waals surface area contributed by atoms with Crippen LogP contribution >= 0.6 is 7.82 Å². The average Bonchev–Trinajstić information content (AvgIpc) is 3.30. The zero-order chi connectivity index (χ0) is 47.4. The van der Waals surface area contributed by atoms with Gasteiger partial charge in [0.05, 0.1) is 13.2 Å². The fourth-order valence-corrected chi connectivity index (χ4v) is 9.22. The first-order valence-electron chi connectivity index (χ1n) is 28.2. The normalized spacial score (nSPS) is 13.1. The molecule has 0 saturated carbocycles. The molecular formula is C55H108NO8P. The Morgan fingerprint density at radius 2 is 0.754 bits per heavy atom. The van der Waals surface area contributed by atoms with E-state index in [1.54, 1.807) is 0 Å². The van der Waals surface area contributed by atoms with Gasteiger partial charge in [-0.15, -0.1) is 0 Å². The molecule has 65 heavy (non-hydrogen) atoms. The SMILES string of the molecule is CCCCCCCCCC/C=C\CCCCCCCCCCCCCCCC(=O)OC(COC(=O)CCCCCCCCCCCCCCCCCCCCC)COP(=O)(O)OCCN. The molecule has 0 aromatic carbocycles. The number of hydrogen-bond acceptors (Lipinski definition) is 8. The van der Waals surface area contributed by atoms with Crippen LogP contribution < -0.4 is 5.73 Å². The maximum atomic E-state index is 12.7. The second-order valence-corrected chi connectivity index (χ2v) is 20.6. The molecule has 0 aromatic heterocycles. The lowest BCUT2D eigenvalue weighted by molar-refractivity contribution is -0.161. The molecule has 0 bridgehead atoms. The van der Waals surface area contributed by atoms with Crippen molar-refractivity contribution >= 4 is 19.8 Å². The van der Waals surface area contributed by atoms with Crippen molar-refractivity contribution < 1.29 is 37.6 Å². The first-order valence-corrected chi connectivity index (χ1v) is 29.7. The molecule has 0 saturated heterocycles. The monoisotopic (exact) mass is 942 g/mol. The number of ether oxygens (including phenoxy) is 2. The molecule has 0 rings (SSSR count). The Morgan fingerprint density at radius 1 is 0.446 bits per heavy atom. The standard InChI is InChI=1S/C55H108NO8P/c1-3-5-7-9-11-13-15-17-19-21-23-24-25-26-27-28-30-32-34-36-38-40-42-44-46-48-55(58)64-53(52-63-65(59,60)62-50-49-56)51-61-54(57)47-45-43-41-39-37-35-33-31-29-22-20-18-16-14-12-10-8-6-4-2/h21,23,53H,3-20,22,24-52,56H2,1-2H3,(H,59,60)/b23-21-. The Labute approximate surface area is 402 Å². The number of rotatable bonds is 54. The first kappa shape index (κ1) is 63.8. The summed E-state index contributed by atoms with van der Waals surface area (Å²) in [5, 5.41) is 0. The molecular weight excluding hydrogens is 834 g/mol. The predicted molar refractivity (Wildman–Crippen MR) is 275 cm³/mol. The molecule has 3 N–H and O–H groups in total. The molecule has 0 heterocycles. The van der Waals surface area contributed by atoms with Gasteiger partial charge >= 0.3 is 19.8 Å². The van der Waals surface area contributed by atoms with Crippen molar-refractivity contribution in [3.05, 3.63) is 12.2 Å². The molecule has 0 radical (unpaired) electrons. The van der Waals surface area contributed by atoms with E-state index >= 15 is 0 Å². The second kappa shape index (κ2) is 52.1. The van der Waals surface area contributed by atoms with Crippen LogP contribution in [-0.4, -0.2) is 49.3 Å². The quantitative estimate of drug-likeness (QED) is 0.0264. The number of phosphoric acid groups is 1. The van der Waals surface area contributed by atoms with Gasteiger partial charge in [0.1, 0.15) is 6.61 Å². The van der Waals surface area contributed by atoms with Gasteiger partial charge in [0.15, 0.2) is 6.10 Å². The molecule has 2 atom stereocenters. The van der Waals surface area contributed by atoms with Crippen LogP contribution in [0.3, 0.4) is 0 Å². The Kier molecular flexibility index (Phi) is 51.1. The predicted octanol–water partition coefficient (Wildman–Crippen LogP) is 17.3. The number of carbonyl (C=O) groups is 2. The summed E-state index contributed by atoms with van der Waals surface area (Å²) >= 11 is 0. The van der Waals surface area contributed by atoms with E-state index in [2.05, 4.69) is 26.0 Å². The molecule has 0 aliphatic rings. The van der Waals surface area contributed by atoms with Crippen molar-refractivity contribution in [2.45, 2.75) is 302 Å². The lowest BCUT2D eigenvalue weighted by Crippen LogP contribution is -2.29. The molecule has 10 heteroatoms.